The zero-order valence-electron chi connectivity index (χ0n) is 11.0. The average molecular weight is 423 g/mol. The summed E-state index contributed by atoms with van der Waals surface area (Å²) in [4.78, 5) is 0. The van der Waals surface area contributed by atoms with Gasteiger partial charge in [-0.05, 0) is 68.6 Å². The van der Waals surface area contributed by atoms with Crippen LogP contribution in [0.15, 0.2) is 51.4 Å². The third-order valence-electron chi connectivity index (χ3n) is 3.06. The molecule has 0 bridgehead atoms. The lowest BCUT2D eigenvalue weighted by atomic mass is 10.1. The summed E-state index contributed by atoms with van der Waals surface area (Å²) < 4.78 is 39.4. The SMILES string of the molecule is CC(Nc1c(Br)cccc1Br)c1ccc(C(F)(F)F)cc1. The Labute approximate surface area is 137 Å². The van der Waals surface area contributed by atoms with E-state index in [4.69, 9.17) is 0 Å². The maximum absolute atomic E-state index is 12.5. The first-order valence-electron chi connectivity index (χ1n) is 6.16. The molecule has 112 valence electrons. The van der Waals surface area contributed by atoms with Crippen molar-refractivity contribution in [2.45, 2.75) is 19.1 Å². The van der Waals surface area contributed by atoms with Crippen molar-refractivity contribution in [1.29, 1.82) is 0 Å². The highest BCUT2D eigenvalue weighted by atomic mass is 79.9. The molecule has 0 spiro atoms. The van der Waals surface area contributed by atoms with E-state index < -0.39 is 11.7 Å². The fourth-order valence-electron chi connectivity index (χ4n) is 1.90. The molecule has 2 aromatic rings. The number of hydrogen-bond donors (Lipinski definition) is 1. The van der Waals surface area contributed by atoms with Crippen LogP contribution in [-0.2, 0) is 6.18 Å². The Hall–Kier alpha value is -1.01. The van der Waals surface area contributed by atoms with Gasteiger partial charge in [-0.1, -0.05) is 18.2 Å². The van der Waals surface area contributed by atoms with E-state index in [1.165, 1.54) is 12.1 Å². The number of para-hydroxylation sites is 1. The Morgan fingerprint density at radius 2 is 1.48 bits per heavy atom. The standard InChI is InChI=1S/C15H12Br2F3N/c1-9(21-14-12(16)3-2-4-13(14)17)10-5-7-11(8-6-10)15(18,19)20/h2-9,21H,1H3. The average Bonchev–Trinajstić information content (AvgIpc) is 2.42. The minimum Gasteiger partial charge on any atom is -0.377 e. The molecule has 2 aromatic carbocycles. The Balaban J connectivity index is 2.19. The topological polar surface area (TPSA) is 12.0 Å². The van der Waals surface area contributed by atoms with Gasteiger partial charge in [-0.2, -0.15) is 13.2 Å². The molecule has 0 aliphatic heterocycles. The number of rotatable bonds is 3. The van der Waals surface area contributed by atoms with Gasteiger partial charge < -0.3 is 5.32 Å². The number of nitrogens with one attached hydrogen (secondary N) is 1. The van der Waals surface area contributed by atoms with Crippen LogP contribution in [0.2, 0.25) is 0 Å². The Morgan fingerprint density at radius 3 is 1.95 bits per heavy atom. The summed E-state index contributed by atoms with van der Waals surface area (Å²) in [6.45, 7) is 1.90. The molecule has 0 aromatic heterocycles. The second-order valence-corrected chi connectivity index (χ2v) is 6.29. The Kier molecular flexibility index (Phi) is 4.99. The predicted octanol–water partition coefficient (Wildman–Crippen LogP) is 6.40. The van der Waals surface area contributed by atoms with E-state index in [-0.39, 0.29) is 6.04 Å². The van der Waals surface area contributed by atoms with Crippen LogP contribution in [0.1, 0.15) is 24.1 Å². The van der Waals surface area contributed by atoms with Crippen molar-refractivity contribution in [3.63, 3.8) is 0 Å². The van der Waals surface area contributed by atoms with Gasteiger partial charge in [-0.25, -0.2) is 0 Å². The molecule has 2 rings (SSSR count). The van der Waals surface area contributed by atoms with Gasteiger partial charge in [0.2, 0.25) is 0 Å². The molecule has 6 heteroatoms. The summed E-state index contributed by atoms with van der Waals surface area (Å²) in [6, 6.07) is 10.7. The van der Waals surface area contributed by atoms with Crippen LogP contribution < -0.4 is 5.32 Å². The summed E-state index contributed by atoms with van der Waals surface area (Å²) in [5, 5.41) is 3.28. The molecule has 0 heterocycles. The van der Waals surface area contributed by atoms with Gasteiger partial charge in [0.1, 0.15) is 0 Å². The molecule has 0 saturated carbocycles. The van der Waals surface area contributed by atoms with Crippen molar-refractivity contribution in [1.82, 2.24) is 0 Å². The van der Waals surface area contributed by atoms with Gasteiger partial charge in [0, 0.05) is 15.0 Å². The van der Waals surface area contributed by atoms with Crippen LogP contribution in [-0.4, -0.2) is 0 Å². The molecular formula is C15H12Br2F3N. The first-order valence-corrected chi connectivity index (χ1v) is 7.75. The maximum Gasteiger partial charge on any atom is 0.416 e. The van der Waals surface area contributed by atoms with Gasteiger partial charge in [0.15, 0.2) is 0 Å². The Bertz CT molecular complexity index is 604. The second-order valence-electron chi connectivity index (χ2n) is 4.58. The van der Waals surface area contributed by atoms with Crippen molar-refractivity contribution < 1.29 is 13.2 Å². The highest BCUT2D eigenvalue weighted by Gasteiger charge is 2.30. The summed E-state index contributed by atoms with van der Waals surface area (Å²) >= 11 is 6.89. The van der Waals surface area contributed by atoms with E-state index in [9.17, 15) is 13.2 Å². The number of alkyl halides is 3. The molecule has 0 amide bonds. The highest BCUT2D eigenvalue weighted by molar-refractivity contribution is 9.11. The fourth-order valence-corrected chi connectivity index (χ4v) is 3.12. The van der Waals surface area contributed by atoms with Gasteiger partial charge in [-0.15, -0.1) is 0 Å². The van der Waals surface area contributed by atoms with E-state index in [0.717, 1.165) is 32.3 Å². The molecule has 0 radical (unpaired) electrons. The quantitative estimate of drug-likeness (QED) is 0.603. The monoisotopic (exact) mass is 421 g/mol. The van der Waals surface area contributed by atoms with Crippen LogP contribution in [0.25, 0.3) is 0 Å². The van der Waals surface area contributed by atoms with E-state index >= 15 is 0 Å². The Morgan fingerprint density at radius 1 is 0.952 bits per heavy atom. The fraction of sp³-hybridized carbons (Fsp3) is 0.200. The molecule has 21 heavy (non-hydrogen) atoms. The van der Waals surface area contributed by atoms with E-state index in [2.05, 4.69) is 37.2 Å². The molecular weight excluding hydrogens is 411 g/mol. The van der Waals surface area contributed by atoms with Crippen molar-refractivity contribution in [3.8, 4) is 0 Å². The minimum atomic E-state index is -4.30. The van der Waals surface area contributed by atoms with E-state index in [1.807, 2.05) is 25.1 Å². The summed E-state index contributed by atoms with van der Waals surface area (Å²) in [7, 11) is 0. The number of halogens is 5. The summed E-state index contributed by atoms with van der Waals surface area (Å²) in [6.07, 6.45) is -4.30. The lowest BCUT2D eigenvalue weighted by Crippen LogP contribution is -2.09. The van der Waals surface area contributed by atoms with E-state index in [1.54, 1.807) is 0 Å². The summed E-state index contributed by atoms with van der Waals surface area (Å²) in [5.41, 5.74) is 1.01. The van der Waals surface area contributed by atoms with Crippen LogP contribution in [0.5, 0.6) is 0 Å². The van der Waals surface area contributed by atoms with Gasteiger partial charge in [-0.3, -0.25) is 0 Å². The van der Waals surface area contributed by atoms with Gasteiger partial charge in [0.05, 0.1) is 11.3 Å². The van der Waals surface area contributed by atoms with Crippen molar-refractivity contribution >= 4 is 37.5 Å². The van der Waals surface area contributed by atoms with E-state index in [0.29, 0.717) is 0 Å². The summed E-state index contributed by atoms with van der Waals surface area (Å²) in [5.74, 6) is 0. The van der Waals surface area contributed by atoms with Crippen molar-refractivity contribution in [2.75, 3.05) is 5.32 Å². The van der Waals surface area contributed by atoms with Crippen LogP contribution >= 0.6 is 31.9 Å². The predicted molar refractivity (Wildman–Crippen MR) is 85.3 cm³/mol. The first-order chi connectivity index (χ1) is 9.79. The number of hydrogen-bond acceptors (Lipinski definition) is 1. The molecule has 1 nitrogen and oxygen atoms in total. The molecule has 1 N–H and O–H groups in total. The number of anilines is 1. The molecule has 0 fully saturated rings. The third-order valence-corrected chi connectivity index (χ3v) is 4.38. The smallest absolute Gasteiger partial charge is 0.377 e. The molecule has 1 unspecified atom stereocenters. The zero-order chi connectivity index (χ0) is 15.6. The minimum absolute atomic E-state index is 0.123. The van der Waals surface area contributed by atoms with Crippen LogP contribution in [0.4, 0.5) is 18.9 Å². The van der Waals surface area contributed by atoms with Gasteiger partial charge in [0.25, 0.3) is 0 Å². The van der Waals surface area contributed by atoms with Crippen molar-refractivity contribution in [3.05, 3.63) is 62.5 Å². The molecule has 0 saturated heterocycles. The molecule has 0 aliphatic rings. The van der Waals surface area contributed by atoms with Crippen LogP contribution in [0.3, 0.4) is 0 Å². The third kappa shape index (κ3) is 4.01. The molecule has 1 atom stereocenters. The largest absolute Gasteiger partial charge is 0.416 e. The molecule has 0 aliphatic carbocycles. The lowest BCUT2D eigenvalue weighted by Gasteiger charge is -2.18. The lowest BCUT2D eigenvalue weighted by molar-refractivity contribution is -0.137. The maximum atomic E-state index is 12.5. The van der Waals surface area contributed by atoms with Crippen LogP contribution in [0, 0.1) is 0 Å². The van der Waals surface area contributed by atoms with Crippen molar-refractivity contribution in [2.24, 2.45) is 0 Å². The second kappa shape index (κ2) is 6.40. The number of benzene rings is 2. The zero-order valence-corrected chi connectivity index (χ0v) is 14.2. The van der Waals surface area contributed by atoms with Gasteiger partial charge >= 0.3 is 6.18 Å². The normalized spacial score (nSPS) is 13.0. The highest BCUT2D eigenvalue weighted by Crippen LogP contribution is 2.34. The first kappa shape index (κ1) is 16.4.